The summed E-state index contributed by atoms with van der Waals surface area (Å²) in [6.45, 7) is 10.5. The Balaban J connectivity index is 1.84. The van der Waals surface area contributed by atoms with E-state index in [0.29, 0.717) is 0 Å². The molecule has 4 heteroatoms. The first-order chi connectivity index (χ1) is 15.3. The largest absolute Gasteiger partial charge is 0.349 e. The van der Waals surface area contributed by atoms with Crippen molar-refractivity contribution in [1.82, 2.24) is 9.80 Å². The van der Waals surface area contributed by atoms with Crippen molar-refractivity contribution in [2.75, 3.05) is 7.05 Å². The fourth-order valence-electron chi connectivity index (χ4n) is 5.00. The number of likely N-dealkylation sites (N-methyl/N-ethyl adjacent to an activating group) is 1. The van der Waals surface area contributed by atoms with E-state index in [1.54, 1.807) is 0 Å². The molecule has 4 rings (SSSR count). The van der Waals surface area contributed by atoms with Crippen LogP contribution in [0.25, 0.3) is 10.8 Å². The van der Waals surface area contributed by atoms with E-state index in [-0.39, 0.29) is 36.4 Å². The highest BCUT2D eigenvalue weighted by Crippen LogP contribution is 2.43. The van der Waals surface area contributed by atoms with Crippen LogP contribution in [0.5, 0.6) is 0 Å². The predicted octanol–water partition coefficient (Wildman–Crippen LogP) is 6.19. The van der Waals surface area contributed by atoms with Gasteiger partial charge in [-0.05, 0) is 58.0 Å². The van der Waals surface area contributed by atoms with E-state index in [1.165, 1.54) is 0 Å². The average Bonchev–Trinajstić information content (AvgIpc) is 3.07. The van der Waals surface area contributed by atoms with Crippen molar-refractivity contribution in [1.29, 1.82) is 0 Å². The Kier molecular flexibility index (Phi) is 6.36. The fourth-order valence-corrected chi connectivity index (χ4v) is 5.00. The predicted molar refractivity (Wildman–Crippen MR) is 131 cm³/mol. The number of ether oxygens (including phenoxy) is 1. The van der Waals surface area contributed by atoms with Crippen molar-refractivity contribution in [3.8, 4) is 0 Å². The van der Waals surface area contributed by atoms with Gasteiger partial charge in [-0.3, -0.25) is 9.69 Å². The molecule has 0 N–H and O–H groups in total. The van der Waals surface area contributed by atoms with Gasteiger partial charge in [0.25, 0.3) is 5.91 Å². The quantitative estimate of drug-likeness (QED) is 0.484. The van der Waals surface area contributed by atoms with E-state index in [0.717, 1.165) is 27.5 Å². The molecular formula is C28H34N2O2. The van der Waals surface area contributed by atoms with Crippen LogP contribution >= 0.6 is 0 Å². The molecule has 4 nitrogen and oxygen atoms in total. The molecule has 1 fully saturated rings. The smallest absolute Gasteiger partial charge is 0.255 e. The van der Waals surface area contributed by atoms with E-state index in [1.807, 2.05) is 35.2 Å². The molecule has 1 aliphatic rings. The summed E-state index contributed by atoms with van der Waals surface area (Å²) in [5.74, 6) is 0.0645. The lowest BCUT2D eigenvalue weighted by Gasteiger charge is -2.33. The monoisotopic (exact) mass is 430 g/mol. The lowest BCUT2D eigenvalue weighted by atomic mass is 9.95. The zero-order chi connectivity index (χ0) is 23.0. The van der Waals surface area contributed by atoms with Crippen LogP contribution < -0.4 is 0 Å². The van der Waals surface area contributed by atoms with Crippen LogP contribution in [0.3, 0.4) is 0 Å². The Morgan fingerprint density at radius 1 is 0.906 bits per heavy atom. The normalized spacial score (nSPS) is 21.6. The van der Waals surface area contributed by atoms with Crippen molar-refractivity contribution in [2.24, 2.45) is 0 Å². The highest BCUT2D eigenvalue weighted by molar-refractivity contribution is 6.08. The number of carbonyl (C=O) groups is 1. The first kappa shape index (κ1) is 22.5. The third kappa shape index (κ3) is 3.94. The Bertz CT molecular complexity index is 1090. The summed E-state index contributed by atoms with van der Waals surface area (Å²) < 4.78 is 6.65. The molecule has 0 unspecified atom stereocenters. The highest BCUT2D eigenvalue weighted by atomic mass is 16.5. The maximum Gasteiger partial charge on any atom is 0.255 e. The number of nitrogens with zero attached hydrogens (tertiary/aromatic N) is 2. The first-order valence-corrected chi connectivity index (χ1v) is 11.6. The summed E-state index contributed by atoms with van der Waals surface area (Å²) in [5, 5.41) is 2.05. The summed E-state index contributed by atoms with van der Waals surface area (Å²) in [4.78, 5) is 18.2. The van der Waals surface area contributed by atoms with Gasteiger partial charge in [-0.2, -0.15) is 0 Å². The maximum absolute atomic E-state index is 14.0. The van der Waals surface area contributed by atoms with E-state index >= 15 is 0 Å². The molecule has 0 bridgehead atoms. The minimum absolute atomic E-state index is 0.0491. The molecule has 3 atom stereocenters. The van der Waals surface area contributed by atoms with Crippen LogP contribution in [0.1, 0.15) is 68.4 Å². The molecule has 1 amide bonds. The van der Waals surface area contributed by atoms with Gasteiger partial charge < -0.3 is 9.64 Å². The third-order valence-corrected chi connectivity index (χ3v) is 6.64. The Labute approximate surface area is 191 Å². The Morgan fingerprint density at radius 2 is 1.53 bits per heavy atom. The molecule has 32 heavy (non-hydrogen) atoms. The van der Waals surface area contributed by atoms with Crippen LogP contribution in [0.2, 0.25) is 0 Å². The molecule has 168 valence electrons. The third-order valence-electron chi connectivity index (χ3n) is 6.64. The second-order valence-electron chi connectivity index (χ2n) is 9.38. The van der Waals surface area contributed by atoms with Gasteiger partial charge in [-0.15, -0.1) is 0 Å². The number of amides is 1. The van der Waals surface area contributed by atoms with E-state index in [2.05, 4.69) is 83.0 Å². The second-order valence-corrected chi connectivity index (χ2v) is 9.38. The summed E-state index contributed by atoms with van der Waals surface area (Å²) in [6.07, 6.45) is -0.341. The topological polar surface area (TPSA) is 32.8 Å². The van der Waals surface area contributed by atoms with Gasteiger partial charge in [0.15, 0.2) is 0 Å². The van der Waals surface area contributed by atoms with E-state index < -0.39 is 0 Å². The molecule has 3 aromatic rings. The molecule has 0 radical (unpaired) electrons. The Hall–Kier alpha value is -2.69. The molecule has 0 spiro atoms. The number of hydrogen-bond acceptors (Lipinski definition) is 3. The molecule has 1 saturated heterocycles. The van der Waals surface area contributed by atoms with Crippen LogP contribution in [0.4, 0.5) is 0 Å². The van der Waals surface area contributed by atoms with Gasteiger partial charge in [0.2, 0.25) is 0 Å². The van der Waals surface area contributed by atoms with Gasteiger partial charge >= 0.3 is 0 Å². The molecular weight excluding hydrogens is 396 g/mol. The maximum atomic E-state index is 14.0. The van der Waals surface area contributed by atoms with Crippen molar-refractivity contribution >= 4 is 16.7 Å². The zero-order valence-corrected chi connectivity index (χ0v) is 19.9. The summed E-state index contributed by atoms with van der Waals surface area (Å²) in [7, 11) is 2.09. The van der Waals surface area contributed by atoms with Crippen LogP contribution in [-0.4, -0.2) is 40.9 Å². The summed E-state index contributed by atoms with van der Waals surface area (Å²) >= 11 is 0. The zero-order valence-electron chi connectivity index (χ0n) is 19.9. The number of rotatable bonds is 5. The SMILES string of the molecule is CC(C)N(C(=O)c1c([C@@H]2O[C@H](c3ccccc3)[C@H](C)N2C)ccc2ccccc12)C(C)C. The summed E-state index contributed by atoms with van der Waals surface area (Å²) in [5.41, 5.74) is 2.85. The lowest BCUT2D eigenvalue weighted by molar-refractivity contribution is 0.00467. The standard InChI is InChI=1S/C28H34N2O2/c1-18(2)30(19(3)4)27(31)25-23-15-11-10-12-21(23)16-17-24(25)28-29(6)20(5)26(32-28)22-13-8-7-9-14-22/h7-20,26,28H,1-6H3/t20-,26-,28-/m0/s1. The number of carbonyl (C=O) groups excluding carboxylic acids is 1. The average molecular weight is 431 g/mol. The van der Waals surface area contributed by atoms with E-state index in [4.69, 9.17) is 4.74 Å². The van der Waals surface area contributed by atoms with Gasteiger partial charge in [0.05, 0.1) is 5.56 Å². The van der Waals surface area contributed by atoms with Gasteiger partial charge in [-0.25, -0.2) is 0 Å². The number of hydrogen-bond donors (Lipinski definition) is 0. The van der Waals surface area contributed by atoms with Crippen molar-refractivity contribution in [2.45, 2.75) is 65.1 Å². The van der Waals surface area contributed by atoms with Crippen LogP contribution in [0, 0.1) is 0 Å². The minimum atomic E-state index is -0.292. The molecule has 3 aromatic carbocycles. The molecule has 0 aromatic heterocycles. The van der Waals surface area contributed by atoms with Crippen molar-refractivity contribution in [3.63, 3.8) is 0 Å². The lowest BCUT2D eigenvalue weighted by Crippen LogP contribution is -2.42. The first-order valence-electron chi connectivity index (χ1n) is 11.6. The molecule has 0 aliphatic carbocycles. The summed E-state index contributed by atoms with van der Waals surface area (Å²) in [6, 6.07) is 23.1. The fraction of sp³-hybridized carbons (Fsp3) is 0.393. The van der Waals surface area contributed by atoms with Crippen molar-refractivity contribution in [3.05, 3.63) is 83.4 Å². The van der Waals surface area contributed by atoms with Gasteiger partial charge in [0, 0.05) is 23.7 Å². The van der Waals surface area contributed by atoms with Crippen molar-refractivity contribution < 1.29 is 9.53 Å². The highest BCUT2D eigenvalue weighted by Gasteiger charge is 2.41. The van der Waals surface area contributed by atoms with Crippen LogP contribution in [-0.2, 0) is 4.74 Å². The van der Waals surface area contributed by atoms with E-state index in [9.17, 15) is 4.79 Å². The minimum Gasteiger partial charge on any atom is -0.349 e. The number of benzene rings is 3. The Morgan fingerprint density at radius 3 is 2.19 bits per heavy atom. The van der Waals surface area contributed by atoms with Crippen LogP contribution in [0.15, 0.2) is 66.7 Å². The number of fused-ring (bicyclic) bond motifs is 1. The molecule has 0 saturated carbocycles. The molecule has 1 heterocycles. The second kappa shape index (κ2) is 9.05. The van der Waals surface area contributed by atoms with Gasteiger partial charge in [-0.1, -0.05) is 66.7 Å². The van der Waals surface area contributed by atoms with Gasteiger partial charge in [0.1, 0.15) is 12.3 Å². The molecule has 1 aliphatic heterocycles.